The first kappa shape index (κ1) is 26.1. The molecule has 0 aliphatic carbocycles. The maximum Gasteiger partial charge on any atom is 0.422 e. The number of carbonyl (C=O) groups excluding carboxylic acids is 3. The van der Waals surface area contributed by atoms with Crippen LogP contribution < -0.4 is 25.0 Å². The fraction of sp³-hybridized carbons (Fsp3) is 0.478. The average molecular weight is 522 g/mol. The van der Waals surface area contributed by atoms with Crippen molar-refractivity contribution in [2.45, 2.75) is 38.0 Å². The number of nitrogens with zero attached hydrogens (tertiary/aromatic N) is 5. The van der Waals surface area contributed by atoms with Gasteiger partial charge in [-0.05, 0) is 12.5 Å². The molecule has 0 unspecified atom stereocenters. The van der Waals surface area contributed by atoms with Crippen molar-refractivity contribution < 1.29 is 37.0 Å². The van der Waals surface area contributed by atoms with Gasteiger partial charge in [0.25, 0.3) is 5.91 Å². The largest absolute Gasteiger partial charge is 0.479 e. The van der Waals surface area contributed by atoms with Crippen LogP contribution in [0.4, 0.5) is 24.8 Å². The lowest BCUT2D eigenvalue weighted by Gasteiger charge is -2.38. The number of hydrogen-bond acceptors (Lipinski definition) is 9. The van der Waals surface area contributed by atoms with Gasteiger partial charge in [-0.2, -0.15) is 13.2 Å². The molecule has 0 bridgehead atoms. The molecule has 2 N–H and O–H groups in total. The third kappa shape index (κ3) is 6.83. The van der Waals surface area contributed by atoms with Gasteiger partial charge in [0.1, 0.15) is 11.5 Å². The number of Topliss-reactive ketones (excluding diaryl/α,β-unsaturated/α-hetero) is 1. The summed E-state index contributed by atoms with van der Waals surface area (Å²) >= 11 is 0. The monoisotopic (exact) mass is 522 g/mol. The smallest absolute Gasteiger partial charge is 0.422 e. The Morgan fingerprint density at radius 2 is 1.81 bits per heavy atom. The highest BCUT2D eigenvalue weighted by Crippen LogP contribution is 2.27. The van der Waals surface area contributed by atoms with Crippen molar-refractivity contribution in [2.24, 2.45) is 11.7 Å². The van der Waals surface area contributed by atoms with Crippen LogP contribution in [0.25, 0.3) is 0 Å². The van der Waals surface area contributed by atoms with Crippen LogP contribution in [0.3, 0.4) is 0 Å². The van der Waals surface area contributed by atoms with E-state index in [4.69, 9.17) is 10.5 Å². The summed E-state index contributed by atoms with van der Waals surface area (Å²) < 4.78 is 46.9. The van der Waals surface area contributed by atoms with E-state index in [-0.39, 0.29) is 35.7 Å². The molecular weight excluding hydrogens is 497 g/mol. The van der Waals surface area contributed by atoms with E-state index < -0.39 is 24.8 Å². The van der Waals surface area contributed by atoms with Gasteiger partial charge >= 0.3 is 6.18 Å². The summed E-state index contributed by atoms with van der Waals surface area (Å²) in [5.41, 5.74) is 5.58. The molecule has 198 valence electrons. The van der Waals surface area contributed by atoms with E-state index in [2.05, 4.69) is 19.7 Å². The second-order valence-electron chi connectivity index (χ2n) is 8.75. The molecule has 2 aliphatic heterocycles. The third-order valence-corrected chi connectivity index (χ3v) is 5.93. The lowest BCUT2D eigenvalue weighted by molar-refractivity contribution is -0.154. The first-order valence-corrected chi connectivity index (χ1v) is 11.6. The fourth-order valence-electron chi connectivity index (χ4n) is 3.96. The Labute approximate surface area is 209 Å². The maximum absolute atomic E-state index is 12.8. The number of ether oxygens (including phenoxy) is 2. The number of amides is 2. The molecule has 2 aromatic rings. The number of ketones is 1. The minimum absolute atomic E-state index is 0.0847. The Morgan fingerprint density at radius 1 is 1.08 bits per heavy atom. The lowest BCUT2D eigenvalue weighted by Crippen LogP contribution is -2.51. The number of alkyl halides is 3. The number of rotatable bonds is 11. The van der Waals surface area contributed by atoms with E-state index in [1.54, 1.807) is 0 Å². The SMILES string of the molecule is NC(=O)CCCC(=O)C1CN(c2ncc(N3CC[C@@H](Oc4ccc(OCC(F)(F)F)nc4)C3=O)cn2)C1. The van der Waals surface area contributed by atoms with Crippen LogP contribution >= 0.6 is 0 Å². The van der Waals surface area contributed by atoms with E-state index >= 15 is 0 Å². The van der Waals surface area contributed by atoms with Gasteiger partial charge in [-0.1, -0.05) is 0 Å². The molecule has 2 saturated heterocycles. The highest BCUT2D eigenvalue weighted by molar-refractivity contribution is 5.98. The zero-order chi connectivity index (χ0) is 26.6. The van der Waals surface area contributed by atoms with Gasteiger partial charge < -0.3 is 25.0 Å². The summed E-state index contributed by atoms with van der Waals surface area (Å²) in [5, 5.41) is 0. The van der Waals surface area contributed by atoms with Crippen LogP contribution in [0.1, 0.15) is 25.7 Å². The minimum atomic E-state index is -4.47. The Morgan fingerprint density at radius 3 is 2.43 bits per heavy atom. The molecule has 4 heterocycles. The average Bonchev–Trinajstić information content (AvgIpc) is 3.17. The van der Waals surface area contributed by atoms with Gasteiger partial charge in [0.15, 0.2) is 12.7 Å². The molecule has 11 nitrogen and oxygen atoms in total. The summed E-state index contributed by atoms with van der Waals surface area (Å²) in [6, 6.07) is 2.62. The maximum atomic E-state index is 12.8. The molecule has 2 aliphatic rings. The van der Waals surface area contributed by atoms with Crippen LogP contribution in [0, 0.1) is 5.92 Å². The Kier molecular flexibility index (Phi) is 7.74. The quantitative estimate of drug-likeness (QED) is 0.466. The predicted octanol–water partition coefficient (Wildman–Crippen LogP) is 1.66. The molecule has 14 heteroatoms. The summed E-state index contributed by atoms with van der Waals surface area (Å²) in [5.74, 6) is -0.307. The summed E-state index contributed by atoms with van der Waals surface area (Å²) in [6.45, 7) is -0.104. The molecule has 37 heavy (non-hydrogen) atoms. The van der Waals surface area contributed by atoms with E-state index in [1.807, 2.05) is 4.90 Å². The third-order valence-electron chi connectivity index (χ3n) is 5.93. The zero-order valence-corrected chi connectivity index (χ0v) is 19.7. The Bertz CT molecular complexity index is 1120. The first-order chi connectivity index (χ1) is 17.6. The van der Waals surface area contributed by atoms with E-state index in [0.717, 1.165) is 0 Å². The van der Waals surface area contributed by atoms with E-state index in [9.17, 15) is 27.6 Å². The van der Waals surface area contributed by atoms with E-state index in [1.165, 1.54) is 35.6 Å². The molecule has 2 fully saturated rings. The number of carbonyl (C=O) groups is 3. The van der Waals surface area contributed by atoms with Gasteiger partial charge in [-0.15, -0.1) is 0 Å². The molecule has 0 saturated carbocycles. The lowest BCUT2D eigenvalue weighted by atomic mass is 9.92. The Hall–Kier alpha value is -3.97. The number of anilines is 2. The molecule has 0 radical (unpaired) electrons. The highest BCUT2D eigenvalue weighted by Gasteiger charge is 2.36. The van der Waals surface area contributed by atoms with Crippen molar-refractivity contribution in [3.8, 4) is 11.6 Å². The molecule has 0 spiro atoms. The van der Waals surface area contributed by atoms with Crippen LogP contribution in [0.5, 0.6) is 11.6 Å². The van der Waals surface area contributed by atoms with Crippen molar-refractivity contribution in [2.75, 3.05) is 36.0 Å². The molecule has 0 aromatic carbocycles. The molecule has 2 aromatic heterocycles. The van der Waals surface area contributed by atoms with E-state index in [0.29, 0.717) is 50.5 Å². The number of primary amides is 1. The van der Waals surface area contributed by atoms with Crippen LogP contribution in [0.15, 0.2) is 30.7 Å². The minimum Gasteiger partial charge on any atom is -0.479 e. The fourth-order valence-corrected chi connectivity index (χ4v) is 3.96. The summed E-state index contributed by atoms with van der Waals surface area (Å²) in [7, 11) is 0. The van der Waals surface area contributed by atoms with Gasteiger partial charge in [0.2, 0.25) is 17.7 Å². The topological polar surface area (TPSA) is 141 Å². The van der Waals surface area contributed by atoms with Crippen LogP contribution in [-0.4, -0.2) is 71.1 Å². The van der Waals surface area contributed by atoms with Gasteiger partial charge in [0.05, 0.1) is 30.2 Å². The summed E-state index contributed by atoms with van der Waals surface area (Å²) in [6.07, 6.45) is 0.329. The van der Waals surface area contributed by atoms with Crippen molar-refractivity contribution in [3.05, 3.63) is 30.7 Å². The van der Waals surface area contributed by atoms with Crippen molar-refractivity contribution >= 4 is 29.2 Å². The first-order valence-electron chi connectivity index (χ1n) is 11.6. The number of pyridine rings is 1. The van der Waals surface area contributed by atoms with Gasteiger partial charge in [-0.25, -0.2) is 15.0 Å². The summed E-state index contributed by atoms with van der Waals surface area (Å²) in [4.78, 5) is 51.5. The number of hydrogen-bond donors (Lipinski definition) is 1. The Balaban J connectivity index is 1.25. The van der Waals surface area contributed by atoms with Crippen molar-refractivity contribution in [1.82, 2.24) is 15.0 Å². The van der Waals surface area contributed by atoms with Gasteiger partial charge in [0, 0.05) is 45.0 Å². The molecule has 1 atom stereocenters. The van der Waals surface area contributed by atoms with Crippen molar-refractivity contribution in [1.29, 1.82) is 0 Å². The number of aromatic nitrogens is 3. The number of nitrogens with two attached hydrogens (primary N) is 1. The van der Waals surface area contributed by atoms with Crippen LogP contribution in [0.2, 0.25) is 0 Å². The highest BCUT2D eigenvalue weighted by atomic mass is 19.4. The predicted molar refractivity (Wildman–Crippen MR) is 123 cm³/mol. The van der Waals surface area contributed by atoms with Crippen molar-refractivity contribution in [3.63, 3.8) is 0 Å². The second kappa shape index (κ2) is 11.0. The zero-order valence-electron chi connectivity index (χ0n) is 19.7. The molecule has 4 rings (SSSR count). The van der Waals surface area contributed by atoms with Gasteiger partial charge in [-0.3, -0.25) is 14.4 Å². The normalized spacial score (nSPS) is 18.0. The second-order valence-corrected chi connectivity index (χ2v) is 8.75. The molecule has 2 amide bonds. The molecular formula is C23H25F3N6O5. The standard InChI is InChI=1S/C23H25F3N6O5/c24-23(25,26)13-36-20-5-4-16(10-28-20)37-18-6-7-32(21(18)35)15-8-29-22(30-9-15)31-11-14(12-31)17(33)2-1-3-19(27)34/h4-5,8-10,14,18H,1-3,6-7,11-13H2,(H2,27,34)/t18-/m1/s1. The number of halogens is 3. The van der Waals surface area contributed by atoms with Crippen LogP contribution in [-0.2, 0) is 14.4 Å².